The summed E-state index contributed by atoms with van der Waals surface area (Å²) in [4.78, 5) is 4.68. The molecule has 0 spiro atoms. The van der Waals surface area contributed by atoms with Crippen molar-refractivity contribution in [2.75, 3.05) is 20.2 Å². The van der Waals surface area contributed by atoms with Crippen molar-refractivity contribution in [3.63, 3.8) is 0 Å². The van der Waals surface area contributed by atoms with Gasteiger partial charge in [-0.15, -0.1) is 0 Å². The van der Waals surface area contributed by atoms with Crippen LogP contribution in [0.3, 0.4) is 0 Å². The fourth-order valence-electron chi connectivity index (χ4n) is 3.36. The molecule has 3 rings (SSSR count). The number of hydrogen-bond donors (Lipinski definition) is 1. The van der Waals surface area contributed by atoms with Gasteiger partial charge in [0.25, 0.3) is 0 Å². The minimum Gasteiger partial charge on any atom is -0.496 e. The summed E-state index contributed by atoms with van der Waals surface area (Å²) in [5.74, 6) is 2.40. The molecule has 126 valence electrons. The van der Waals surface area contributed by atoms with Crippen LogP contribution in [0.5, 0.6) is 5.75 Å². The number of rotatable bonds is 5. The molecule has 0 bridgehead atoms. The van der Waals surface area contributed by atoms with Gasteiger partial charge in [0.05, 0.1) is 7.11 Å². The molecule has 3 nitrogen and oxygen atoms in total. The van der Waals surface area contributed by atoms with E-state index in [9.17, 15) is 0 Å². The summed E-state index contributed by atoms with van der Waals surface area (Å²) in [6.45, 7) is 6.33. The lowest BCUT2D eigenvalue weighted by molar-refractivity contribution is 0.408. The molecule has 0 saturated heterocycles. The zero-order valence-corrected chi connectivity index (χ0v) is 14.8. The predicted molar refractivity (Wildman–Crippen MR) is 100 cm³/mol. The first-order valence-corrected chi connectivity index (χ1v) is 8.70. The molecule has 1 atom stereocenters. The molecular weight excluding hydrogens is 296 g/mol. The highest BCUT2D eigenvalue weighted by molar-refractivity contribution is 6.00. The van der Waals surface area contributed by atoms with E-state index in [0.29, 0.717) is 5.92 Å². The van der Waals surface area contributed by atoms with Gasteiger partial charge in [-0.3, -0.25) is 4.99 Å². The summed E-state index contributed by atoms with van der Waals surface area (Å²) in [6.07, 6.45) is 2.07. The molecule has 1 aliphatic rings. The van der Waals surface area contributed by atoms with Crippen molar-refractivity contribution in [3.05, 3.63) is 64.7 Å². The van der Waals surface area contributed by atoms with Crippen LogP contribution in [0.2, 0.25) is 0 Å². The Kier molecular flexibility index (Phi) is 5.19. The molecule has 0 radical (unpaired) electrons. The lowest BCUT2D eigenvalue weighted by atomic mass is 9.89. The largest absolute Gasteiger partial charge is 0.496 e. The molecule has 24 heavy (non-hydrogen) atoms. The third-order valence-electron chi connectivity index (χ3n) is 4.61. The maximum atomic E-state index is 5.55. The van der Waals surface area contributed by atoms with Gasteiger partial charge in [0.2, 0.25) is 0 Å². The van der Waals surface area contributed by atoms with Crippen LogP contribution in [0.25, 0.3) is 0 Å². The third-order valence-corrected chi connectivity index (χ3v) is 4.61. The van der Waals surface area contributed by atoms with E-state index in [1.807, 2.05) is 0 Å². The van der Waals surface area contributed by atoms with Gasteiger partial charge in [0, 0.05) is 18.7 Å². The van der Waals surface area contributed by atoms with Gasteiger partial charge in [-0.25, -0.2) is 0 Å². The van der Waals surface area contributed by atoms with Gasteiger partial charge in [-0.1, -0.05) is 48.9 Å². The van der Waals surface area contributed by atoms with E-state index in [4.69, 9.17) is 4.74 Å². The highest BCUT2D eigenvalue weighted by atomic mass is 16.5. The van der Waals surface area contributed by atoms with Crippen LogP contribution in [0.1, 0.15) is 41.5 Å². The molecule has 1 heterocycles. The maximum Gasteiger partial charge on any atom is 0.128 e. The average Bonchev–Trinajstić information content (AvgIpc) is 2.62. The highest BCUT2D eigenvalue weighted by Gasteiger charge is 2.17. The Bertz CT molecular complexity index is 736. The number of hydrogen-bond acceptors (Lipinski definition) is 3. The van der Waals surface area contributed by atoms with Crippen LogP contribution in [0.15, 0.2) is 47.5 Å². The summed E-state index contributed by atoms with van der Waals surface area (Å²) in [7, 11) is 1.74. The van der Waals surface area contributed by atoms with Crippen LogP contribution in [-0.2, 0) is 6.42 Å². The Hall–Kier alpha value is -2.29. The van der Waals surface area contributed by atoms with E-state index in [2.05, 4.69) is 66.6 Å². The molecule has 0 fully saturated rings. The summed E-state index contributed by atoms with van der Waals surface area (Å²) < 4.78 is 5.55. The molecule has 2 aromatic carbocycles. The van der Waals surface area contributed by atoms with Crippen molar-refractivity contribution in [2.45, 2.75) is 32.6 Å². The van der Waals surface area contributed by atoms with Crippen LogP contribution < -0.4 is 10.1 Å². The number of amidine groups is 1. The second kappa shape index (κ2) is 7.52. The first kappa shape index (κ1) is 16.6. The second-order valence-electron chi connectivity index (χ2n) is 6.52. The van der Waals surface area contributed by atoms with E-state index in [1.54, 1.807) is 7.11 Å². The van der Waals surface area contributed by atoms with Gasteiger partial charge in [-0.2, -0.15) is 0 Å². The lowest BCUT2D eigenvalue weighted by Gasteiger charge is -2.21. The number of nitrogens with one attached hydrogen (secondary N) is 1. The molecular formula is C21H26N2O. The lowest BCUT2D eigenvalue weighted by Crippen LogP contribution is -2.31. The first-order valence-electron chi connectivity index (χ1n) is 8.70. The average molecular weight is 322 g/mol. The summed E-state index contributed by atoms with van der Waals surface area (Å²) in [5, 5.41) is 3.45. The zero-order chi connectivity index (χ0) is 16.9. The number of benzene rings is 2. The molecule has 1 aliphatic heterocycles. The molecule has 1 N–H and O–H groups in total. The van der Waals surface area contributed by atoms with Gasteiger partial charge in [-0.05, 0) is 42.9 Å². The van der Waals surface area contributed by atoms with Gasteiger partial charge in [0.1, 0.15) is 11.6 Å². The minimum absolute atomic E-state index is 0.392. The number of aryl methyl sites for hydroxylation is 1. The van der Waals surface area contributed by atoms with Gasteiger partial charge in [0.15, 0.2) is 0 Å². The Morgan fingerprint density at radius 2 is 2.04 bits per heavy atom. The molecule has 0 amide bonds. The smallest absolute Gasteiger partial charge is 0.128 e. The first-order chi connectivity index (χ1) is 11.7. The zero-order valence-electron chi connectivity index (χ0n) is 14.8. The Morgan fingerprint density at radius 1 is 1.21 bits per heavy atom. The van der Waals surface area contributed by atoms with Crippen molar-refractivity contribution < 1.29 is 4.74 Å². The Morgan fingerprint density at radius 3 is 2.79 bits per heavy atom. The molecule has 0 aliphatic carbocycles. The fourth-order valence-corrected chi connectivity index (χ4v) is 3.36. The van der Waals surface area contributed by atoms with E-state index in [-0.39, 0.29) is 0 Å². The predicted octanol–water partition coefficient (Wildman–Crippen LogP) is 4.09. The minimum atomic E-state index is 0.392. The SMILES string of the molecule is COc1ccc(C)cc1CC(C)c1ccccc1C1=NCCCN1. The standard InChI is InChI=1S/C21H26N2O/c1-15-9-10-20(24-3)17(13-15)14-16(2)18-7-4-5-8-19(18)21-22-11-6-12-23-21/h4-5,7-10,13,16H,6,11-12,14H2,1-3H3,(H,22,23). The third kappa shape index (κ3) is 3.61. The topological polar surface area (TPSA) is 33.6 Å². The summed E-state index contributed by atoms with van der Waals surface area (Å²) >= 11 is 0. The Labute approximate surface area is 144 Å². The van der Waals surface area contributed by atoms with Crippen molar-refractivity contribution in [1.29, 1.82) is 0 Å². The fraction of sp³-hybridized carbons (Fsp3) is 0.381. The highest BCUT2D eigenvalue weighted by Crippen LogP contribution is 2.29. The van der Waals surface area contributed by atoms with E-state index in [0.717, 1.165) is 37.5 Å². The van der Waals surface area contributed by atoms with Gasteiger partial charge >= 0.3 is 0 Å². The summed E-state index contributed by atoms with van der Waals surface area (Å²) in [6, 6.07) is 15.0. The molecule has 0 saturated carbocycles. The van der Waals surface area contributed by atoms with Crippen molar-refractivity contribution >= 4 is 5.84 Å². The normalized spacial score (nSPS) is 15.4. The number of methoxy groups -OCH3 is 1. The molecule has 1 unspecified atom stereocenters. The second-order valence-corrected chi connectivity index (χ2v) is 6.52. The number of nitrogens with zero attached hydrogens (tertiary/aromatic N) is 1. The van der Waals surface area contributed by atoms with Crippen molar-refractivity contribution in [2.24, 2.45) is 4.99 Å². The van der Waals surface area contributed by atoms with Crippen LogP contribution in [0.4, 0.5) is 0 Å². The molecule has 0 aromatic heterocycles. The molecule has 2 aromatic rings. The van der Waals surface area contributed by atoms with Crippen LogP contribution in [-0.4, -0.2) is 26.0 Å². The summed E-state index contributed by atoms with van der Waals surface area (Å²) in [5.41, 5.74) is 5.11. The van der Waals surface area contributed by atoms with E-state index in [1.165, 1.54) is 22.3 Å². The van der Waals surface area contributed by atoms with Gasteiger partial charge < -0.3 is 10.1 Å². The monoisotopic (exact) mass is 322 g/mol. The number of aliphatic imine (C=N–C) groups is 1. The van der Waals surface area contributed by atoms with E-state index < -0.39 is 0 Å². The Balaban J connectivity index is 1.90. The molecule has 3 heteroatoms. The number of ether oxygens (including phenoxy) is 1. The van der Waals surface area contributed by atoms with Crippen molar-refractivity contribution in [3.8, 4) is 5.75 Å². The maximum absolute atomic E-state index is 5.55. The van der Waals surface area contributed by atoms with Crippen LogP contribution in [0, 0.1) is 6.92 Å². The van der Waals surface area contributed by atoms with Crippen LogP contribution >= 0.6 is 0 Å². The quantitative estimate of drug-likeness (QED) is 0.899. The van der Waals surface area contributed by atoms with Crippen molar-refractivity contribution in [1.82, 2.24) is 5.32 Å². The van der Waals surface area contributed by atoms with E-state index >= 15 is 0 Å².